The fraction of sp³-hybridized carbons (Fsp3) is 0.0303. The third-order valence-corrected chi connectivity index (χ3v) is 8.03. The quantitative estimate of drug-likeness (QED) is 0.149. The number of hydrogen-bond donors (Lipinski definition) is 0. The molecule has 0 radical (unpaired) electrons. The van der Waals surface area contributed by atoms with Crippen LogP contribution in [0.25, 0.3) is 42.8 Å². The van der Waals surface area contributed by atoms with Crippen LogP contribution in [0.3, 0.4) is 0 Å². The van der Waals surface area contributed by atoms with E-state index in [0.717, 1.165) is 26.4 Å². The molecule has 7 rings (SSSR count). The van der Waals surface area contributed by atoms with Crippen molar-refractivity contribution in [2.24, 2.45) is 0 Å². The average Bonchev–Trinajstić information content (AvgIpc) is 3.53. The molecule has 37 heavy (non-hydrogen) atoms. The zero-order valence-corrected chi connectivity index (χ0v) is 20.5. The summed E-state index contributed by atoms with van der Waals surface area (Å²) in [5, 5.41) is 7.50. The molecular weight excluding hydrogens is 474 g/mol. The number of carbonyl (C=O) groups excluding carboxylic acids is 2. The van der Waals surface area contributed by atoms with Crippen LogP contribution in [0.5, 0.6) is 0 Å². The van der Waals surface area contributed by atoms with Gasteiger partial charge in [-0.15, -0.1) is 11.3 Å². The van der Waals surface area contributed by atoms with Gasteiger partial charge in [0.25, 0.3) is 11.8 Å². The van der Waals surface area contributed by atoms with E-state index in [1.54, 1.807) is 11.3 Å². The normalized spacial score (nSPS) is 13.2. The predicted octanol–water partition coefficient (Wildman–Crippen LogP) is 7.14. The maximum absolute atomic E-state index is 11.8. The van der Waals surface area contributed by atoms with Crippen molar-refractivity contribution in [1.29, 1.82) is 0 Å². The molecule has 0 saturated carbocycles. The highest BCUT2D eigenvalue weighted by atomic mass is 32.1. The van der Waals surface area contributed by atoms with Crippen molar-refractivity contribution in [3.63, 3.8) is 0 Å². The maximum atomic E-state index is 11.8. The van der Waals surface area contributed by atoms with Crippen LogP contribution in [-0.2, 0) is 16.1 Å². The Balaban J connectivity index is 1.17. The molecule has 0 atom stereocenters. The van der Waals surface area contributed by atoms with Crippen LogP contribution < -0.4 is 0 Å². The van der Waals surface area contributed by atoms with Crippen LogP contribution in [0.15, 0.2) is 103 Å². The zero-order valence-electron chi connectivity index (χ0n) is 19.7. The van der Waals surface area contributed by atoms with Gasteiger partial charge < -0.3 is 0 Å². The van der Waals surface area contributed by atoms with Crippen molar-refractivity contribution >= 4 is 55.5 Å². The first-order chi connectivity index (χ1) is 18.1. The largest absolute Gasteiger partial charge is 0.270 e. The SMILES string of the molecule is O=C1C=CC(=O)N1Cc1ccc(-c2ccc(C#Cc3ccc4ccc5cccc6ccc3c4c56)cc2)s1. The molecule has 1 aromatic heterocycles. The van der Waals surface area contributed by atoms with E-state index >= 15 is 0 Å². The van der Waals surface area contributed by atoms with E-state index in [1.165, 1.54) is 49.4 Å². The molecule has 0 fully saturated rings. The zero-order chi connectivity index (χ0) is 24.9. The fourth-order valence-electron chi connectivity index (χ4n) is 5.06. The molecule has 1 aliphatic heterocycles. The summed E-state index contributed by atoms with van der Waals surface area (Å²) >= 11 is 1.59. The van der Waals surface area contributed by atoms with Gasteiger partial charge in [0.05, 0.1) is 6.54 Å². The van der Waals surface area contributed by atoms with Crippen molar-refractivity contribution in [3.05, 3.63) is 119 Å². The molecule has 174 valence electrons. The third-order valence-electron chi connectivity index (χ3n) is 6.92. The van der Waals surface area contributed by atoms with E-state index in [2.05, 4.69) is 78.6 Å². The lowest BCUT2D eigenvalue weighted by molar-refractivity contribution is -0.137. The van der Waals surface area contributed by atoms with Gasteiger partial charge in [-0.3, -0.25) is 14.5 Å². The first kappa shape index (κ1) is 21.6. The standard InChI is InChI=1S/C33H19NO2S/c35-30-18-19-31(36)34(30)20-27-15-17-29(37-27)23-8-5-21(6-9-23)4-7-22-10-11-26-13-12-24-2-1-3-25-14-16-28(22)33(26)32(24)25/h1-3,5-6,8-19H,20H2. The van der Waals surface area contributed by atoms with Crippen molar-refractivity contribution in [3.8, 4) is 22.3 Å². The summed E-state index contributed by atoms with van der Waals surface area (Å²) in [5.74, 6) is 6.23. The lowest BCUT2D eigenvalue weighted by atomic mass is 9.92. The number of rotatable bonds is 3. The second-order valence-corrected chi connectivity index (χ2v) is 10.3. The summed E-state index contributed by atoms with van der Waals surface area (Å²) in [6, 6.07) is 31.7. The van der Waals surface area contributed by atoms with Crippen molar-refractivity contribution in [1.82, 2.24) is 4.90 Å². The smallest absolute Gasteiger partial charge is 0.253 e. The van der Waals surface area contributed by atoms with Crippen molar-refractivity contribution in [2.45, 2.75) is 6.54 Å². The lowest BCUT2D eigenvalue weighted by Crippen LogP contribution is -2.28. The number of amides is 2. The summed E-state index contributed by atoms with van der Waals surface area (Å²) in [6.45, 7) is 0.304. The van der Waals surface area contributed by atoms with Gasteiger partial charge in [0.15, 0.2) is 0 Å². The van der Waals surface area contributed by atoms with E-state index in [0.29, 0.717) is 6.54 Å². The van der Waals surface area contributed by atoms with Crippen molar-refractivity contribution in [2.75, 3.05) is 0 Å². The Morgan fingerprint density at radius 2 is 1.32 bits per heavy atom. The van der Waals surface area contributed by atoms with Gasteiger partial charge in [-0.1, -0.05) is 72.5 Å². The molecule has 0 unspecified atom stereocenters. The molecule has 0 spiro atoms. The van der Waals surface area contributed by atoms with Gasteiger partial charge in [-0.05, 0) is 68.2 Å². The Kier molecular flexibility index (Phi) is 4.92. The van der Waals surface area contributed by atoms with Crippen LogP contribution in [0, 0.1) is 11.8 Å². The van der Waals surface area contributed by atoms with Crippen LogP contribution in [0.1, 0.15) is 16.0 Å². The van der Waals surface area contributed by atoms with E-state index in [4.69, 9.17) is 0 Å². The molecular formula is C33H19NO2S. The van der Waals surface area contributed by atoms with Gasteiger partial charge >= 0.3 is 0 Å². The molecule has 6 aromatic rings. The lowest BCUT2D eigenvalue weighted by Gasteiger charge is -2.11. The second kappa shape index (κ2) is 8.44. The molecule has 5 aromatic carbocycles. The highest BCUT2D eigenvalue weighted by molar-refractivity contribution is 7.15. The number of thiophene rings is 1. The Morgan fingerprint density at radius 3 is 2.08 bits per heavy atom. The molecule has 0 N–H and O–H groups in total. The molecule has 0 aliphatic carbocycles. The van der Waals surface area contributed by atoms with Gasteiger partial charge in [0, 0.05) is 33.0 Å². The monoisotopic (exact) mass is 493 g/mol. The van der Waals surface area contributed by atoms with E-state index < -0.39 is 0 Å². The van der Waals surface area contributed by atoms with Gasteiger partial charge in [0.1, 0.15) is 0 Å². The molecule has 4 heteroatoms. The predicted molar refractivity (Wildman–Crippen MR) is 151 cm³/mol. The third kappa shape index (κ3) is 3.69. The number of benzene rings is 5. The summed E-state index contributed by atoms with van der Waals surface area (Å²) in [4.78, 5) is 27.0. The van der Waals surface area contributed by atoms with Gasteiger partial charge in [-0.2, -0.15) is 0 Å². The van der Waals surface area contributed by atoms with E-state index in [9.17, 15) is 9.59 Å². The Morgan fingerprint density at radius 1 is 0.649 bits per heavy atom. The molecule has 2 heterocycles. The summed E-state index contributed by atoms with van der Waals surface area (Å²) in [6.07, 6.45) is 2.64. The van der Waals surface area contributed by atoms with Crippen LogP contribution in [-0.4, -0.2) is 16.7 Å². The Labute approximate surface area is 217 Å². The van der Waals surface area contributed by atoms with Crippen molar-refractivity contribution < 1.29 is 9.59 Å². The molecule has 0 saturated heterocycles. The molecule has 3 nitrogen and oxygen atoms in total. The maximum Gasteiger partial charge on any atom is 0.253 e. The first-order valence-corrected chi connectivity index (χ1v) is 12.9. The Hall–Kier alpha value is -4.72. The average molecular weight is 494 g/mol. The minimum atomic E-state index is -0.257. The topological polar surface area (TPSA) is 37.4 Å². The minimum absolute atomic E-state index is 0.257. The summed E-state index contributed by atoms with van der Waals surface area (Å²) in [7, 11) is 0. The van der Waals surface area contributed by atoms with Crippen LogP contribution in [0.2, 0.25) is 0 Å². The highest BCUT2D eigenvalue weighted by Gasteiger charge is 2.23. The molecule has 0 bridgehead atoms. The van der Waals surface area contributed by atoms with Crippen LogP contribution >= 0.6 is 11.3 Å². The van der Waals surface area contributed by atoms with Crippen LogP contribution in [0.4, 0.5) is 0 Å². The van der Waals surface area contributed by atoms with Gasteiger partial charge in [0.2, 0.25) is 0 Å². The number of imide groups is 1. The molecule has 1 aliphatic rings. The van der Waals surface area contributed by atoms with E-state index in [-0.39, 0.29) is 11.8 Å². The van der Waals surface area contributed by atoms with E-state index in [1.807, 2.05) is 24.3 Å². The molecule has 2 amide bonds. The number of nitrogens with zero attached hydrogens (tertiary/aromatic N) is 1. The summed E-state index contributed by atoms with van der Waals surface area (Å²) in [5.41, 5.74) is 3.06. The first-order valence-electron chi connectivity index (χ1n) is 12.1. The second-order valence-electron chi connectivity index (χ2n) is 9.16. The minimum Gasteiger partial charge on any atom is -0.270 e. The Bertz CT molecular complexity index is 1920. The number of carbonyl (C=O) groups is 2. The highest BCUT2D eigenvalue weighted by Crippen LogP contribution is 2.36. The fourth-order valence-corrected chi connectivity index (χ4v) is 6.06. The van der Waals surface area contributed by atoms with Gasteiger partial charge in [-0.25, -0.2) is 0 Å². The number of hydrogen-bond acceptors (Lipinski definition) is 3. The summed E-state index contributed by atoms with van der Waals surface area (Å²) < 4.78 is 0.